The van der Waals surface area contributed by atoms with Crippen molar-refractivity contribution in [1.82, 2.24) is 14.5 Å². The highest BCUT2D eigenvalue weighted by atomic mass is 32.1. The number of carbonyl (C=O) groups excluding carboxylic acids is 1. The van der Waals surface area contributed by atoms with E-state index in [9.17, 15) is 4.79 Å². The van der Waals surface area contributed by atoms with Gasteiger partial charge in [-0.2, -0.15) is 0 Å². The van der Waals surface area contributed by atoms with Gasteiger partial charge < -0.3 is 9.64 Å². The predicted octanol–water partition coefficient (Wildman–Crippen LogP) is 2.16. The first kappa shape index (κ1) is 13.8. The zero-order valence-corrected chi connectivity index (χ0v) is 13.2. The summed E-state index contributed by atoms with van der Waals surface area (Å²) in [5.41, 5.74) is 2.96. The van der Waals surface area contributed by atoms with Crippen LogP contribution in [0.2, 0.25) is 0 Å². The number of nitrogens with zero attached hydrogens (tertiary/aromatic N) is 3. The Morgan fingerprint density at radius 3 is 3.09 bits per heavy atom. The van der Waals surface area contributed by atoms with Crippen LogP contribution in [0.15, 0.2) is 24.3 Å². The van der Waals surface area contributed by atoms with E-state index < -0.39 is 0 Å². The van der Waals surface area contributed by atoms with Crippen LogP contribution < -0.4 is 0 Å². The number of hydrogen-bond acceptors (Lipinski definition) is 5. The minimum atomic E-state index is -0.337. The fraction of sp³-hybridized carbons (Fsp3) is 0.438. The fourth-order valence-corrected chi connectivity index (χ4v) is 4.12. The van der Waals surface area contributed by atoms with E-state index >= 15 is 0 Å². The first-order valence-corrected chi connectivity index (χ1v) is 8.27. The lowest BCUT2D eigenvalue weighted by Gasteiger charge is -2.41. The number of aromatic nitrogens is 2. The first-order valence-electron chi connectivity index (χ1n) is 7.50. The normalized spacial score (nSPS) is 23.8. The molecule has 1 atom stereocenters. The number of aryl methyl sites for hydroxylation is 2. The third-order valence-electron chi connectivity index (χ3n) is 4.63. The molecule has 0 N–H and O–H groups in total. The van der Waals surface area contributed by atoms with Crippen molar-refractivity contribution >= 4 is 17.4 Å². The Morgan fingerprint density at radius 1 is 1.41 bits per heavy atom. The van der Waals surface area contributed by atoms with Gasteiger partial charge in [0.2, 0.25) is 0 Å². The van der Waals surface area contributed by atoms with Crippen LogP contribution in [-0.4, -0.2) is 40.1 Å². The minimum Gasteiger partial charge on any atom is -0.367 e. The number of rotatable bonds is 1. The molecule has 1 amide bonds. The highest BCUT2D eigenvalue weighted by molar-refractivity contribution is 7.07. The number of benzene rings is 1. The quantitative estimate of drug-likeness (QED) is 0.809. The molecule has 0 saturated carbocycles. The molecule has 114 valence electrons. The summed E-state index contributed by atoms with van der Waals surface area (Å²) in [6, 6.07) is 8.41. The molecule has 2 aromatic rings. The Labute approximate surface area is 133 Å². The molecule has 1 saturated heterocycles. The molecule has 1 aromatic carbocycles. The van der Waals surface area contributed by atoms with E-state index in [-0.39, 0.29) is 11.5 Å². The van der Waals surface area contributed by atoms with Gasteiger partial charge >= 0.3 is 0 Å². The van der Waals surface area contributed by atoms with E-state index in [4.69, 9.17) is 4.74 Å². The van der Waals surface area contributed by atoms with Gasteiger partial charge in [-0.3, -0.25) is 4.79 Å². The lowest BCUT2D eigenvalue weighted by Crippen LogP contribution is -2.51. The van der Waals surface area contributed by atoms with Gasteiger partial charge in [0.05, 0.1) is 18.8 Å². The van der Waals surface area contributed by atoms with Crippen LogP contribution in [0.4, 0.5) is 0 Å². The molecule has 1 aliphatic carbocycles. The van der Waals surface area contributed by atoms with Gasteiger partial charge in [0.1, 0.15) is 10.5 Å². The van der Waals surface area contributed by atoms with Crippen LogP contribution in [0, 0.1) is 6.92 Å². The Balaban J connectivity index is 1.64. The number of fused-ring (bicyclic) bond motifs is 2. The van der Waals surface area contributed by atoms with E-state index in [1.54, 1.807) is 0 Å². The molecule has 1 spiro atoms. The molecule has 2 aliphatic rings. The average Bonchev–Trinajstić information content (AvgIpc) is 3.12. The largest absolute Gasteiger partial charge is 0.367 e. The molecule has 4 rings (SSSR count). The third-order valence-corrected chi connectivity index (χ3v) is 5.44. The maximum Gasteiger partial charge on any atom is 0.267 e. The van der Waals surface area contributed by atoms with E-state index in [1.807, 2.05) is 17.9 Å². The smallest absolute Gasteiger partial charge is 0.267 e. The maximum atomic E-state index is 12.7. The third kappa shape index (κ3) is 2.06. The second-order valence-electron chi connectivity index (χ2n) is 5.91. The van der Waals surface area contributed by atoms with Gasteiger partial charge in [0, 0.05) is 6.54 Å². The summed E-state index contributed by atoms with van der Waals surface area (Å²) >= 11 is 1.17. The minimum absolute atomic E-state index is 0.0274. The van der Waals surface area contributed by atoms with Gasteiger partial charge in [-0.15, -0.1) is 5.10 Å². The Bertz CT molecular complexity index is 726. The average molecular weight is 315 g/mol. The number of carbonyl (C=O) groups is 1. The molecule has 0 bridgehead atoms. The standard InChI is InChI=1S/C16H17N3O2S/c1-11-14(22-18-17-11)15(20)19-8-9-21-16(10-19)7-6-12-4-2-3-5-13(12)16/h2-5H,6-10H2,1H3/t16-/m0/s1. The molecule has 0 radical (unpaired) electrons. The van der Waals surface area contributed by atoms with Crippen molar-refractivity contribution < 1.29 is 9.53 Å². The lowest BCUT2D eigenvalue weighted by atomic mass is 9.93. The lowest BCUT2D eigenvalue weighted by molar-refractivity contribution is -0.103. The second-order valence-corrected chi connectivity index (χ2v) is 6.67. The highest BCUT2D eigenvalue weighted by Crippen LogP contribution is 2.42. The van der Waals surface area contributed by atoms with E-state index in [1.165, 1.54) is 22.7 Å². The van der Waals surface area contributed by atoms with Gasteiger partial charge in [-0.05, 0) is 42.4 Å². The van der Waals surface area contributed by atoms with Crippen molar-refractivity contribution in [2.75, 3.05) is 19.7 Å². The van der Waals surface area contributed by atoms with Crippen LogP contribution in [0.5, 0.6) is 0 Å². The number of amides is 1. The number of hydrogen-bond donors (Lipinski definition) is 0. The molecular weight excluding hydrogens is 298 g/mol. The second kappa shape index (κ2) is 5.14. The molecule has 22 heavy (non-hydrogen) atoms. The van der Waals surface area contributed by atoms with Crippen molar-refractivity contribution in [3.63, 3.8) is 0 Å². The highest BCUT2D eigenvalue weighted by Gasteiger charge is 2.44. The summed E-state index contributed by atoms with van der Waals surface area (Å²) in [4.78, 5) is 15.3. The Kier molecular flexibility index (Phi) is 3.23. The van der Waals surface area contributed by atoms with Gasteiger partial charge in [0.25, 0.3) is 5.91 Å². The van der Waals surface area contributed by atoms with Crippen molar-refractivity contribution in [2.45, 2.75) is 25.4 Å². The van der Waals surface area contributed by atoms with Crippen molar-refractivity contribution in [3.05, 3.63) is 46.0 Å². The van der Waals surface area contributed by atoms with E-state index in [0.29, 0.717) is 30.3 Å². The fourth-order valence-electron chi connectivity index (χ4n) is 3.50. The summed E-state index contributed by atoms with van der Waals surface area (Å²) < 4.78 is 10.0. The Morgan fingerprint density at radius 2 is 2.27 bits per heavy atom. The molecule has 1 aliphatic heterocycles. The summed E-state index contributed by atoms with van der Waals surface area (Å²) in [6.07, 6.45) is 1.95. The van der Waals surface area contributed by atoms with Crippen LogP contribution >= 0.6 is 11.5 Å². The van der Waals surface area contributed by atoms with Crippen LogP contribution in [0.3, 0.4) is 0 Å². The predicted molar refractivity (Wildman–Crippen MR) is 82.9 cm³/mol. The van der Waals surface area contributed by atoms with Gasteiger partial charge in [0.15, 0.2) is 0 Å². The molecule has 6 heteroatoms. The van der Waals surface area contributed by atoms with Gasteiger partial charge in [-0.25, -0.2) is 0 Å². The SMILES string of the molecule is Cc1nnsc1C(=O)N1CCO[C@@]2(CCc3ccccc32)C1. The first-order chi connectivity index (χ1) is 10.7. The molecule has 1 aromatic heterocycles. The van der Waals surface area contributed by atoms with Crippen LogP contribution in [0.1, 0.15) is 32.9 Å². The van der Waals surface area contributed by atoms with Crippen LogP contribution in [-0.2, 0) is 16.8 Å². The molecule has 1 fully saturated rings. The topological polar surface area (TPSA) is 55.3 Å². The summed E-state index contributed by atoms with van der Waals surface area (Å²) in [5, 5.41) is 3.95. The van der Waals surface area contributed by atoms with E-state index in [0.717, 1.165) is 12.8 Å². The van der Waals surface area contributed by atoms with Crippen molar-refractivity contribution in [1.29, 1.82) is 0 Å². The summed E-state index contributed by atoms with van der Waals surface area (Å²) in [6.45, 7) is 3.64. The molecule has 5 nitrogen and oxygen atoms in total. The van der Waals surface area contributed by atoms with Crippen molar-refractivity contribution in [2.24, 2.45) is 0 Å². The van der Waals surface area contributed by atoms with Gasteiger partial charge in [-0.1, -0.05) is 28.8 Å². The number of morpholine rings is 1. The maximum absolute atomic E-state index is 12.7. The summed E-state index contributed by atoms with van der Waals surface area (Å²) in [7, 11) is 0. The molecule has 0 unspecified atom stereocenters. The Hall–Kier alpha value is -1.79. The molecular formula is C16H17N3O2S. The van der Waals surface area contributed by atoms with E-state index in [2.05, 4.69) is 27.8 Å². The van der Waals surface area contributed by atoms with Crippen LogP contribution in [0.25, 0.3) is 0 Å². The zero-order chi connectivity index (χ0) is 15.2. The molecule has 2 heterocycles. The monoisotopic (exact) mass is 315 g/mol. The zero-order valence-electron chi connectivity index (χ0n) is 12.4. The number of ether oxygens (including phenoxy) is 1. The van der Waals surface area contributed by atoms with Crippen molar-refractivity contribution in [3.8, 4) is 0 Å². The summed E-state index contributed by atoms with van der Waals surface area (Å²) in [5.74, 6) is 0.0274.